The highest BCUT2D eigenvalue weighted by molar-refractivity contribution is 6.15. The van der Waals surface area contributed by atoms with Crippen molar-refractivity contribution >= 4 is 10.2 Å². The molecule has 0 aromatic heterocycles. The zero-order valence-electron chi connectivity index (χ0n) is 9.92. The third-order valence-corrected chi connectivity index (χ3v) is 5.57. The van der Waals surface area contributed by atoms with Gasteiger partial charge in [-0.1, -0.05) is 32.0 Å². The van der Waals surface area contributed by atoms with Crippen LogP contribution in [0.4, 0.5) is 0 Å². The Morgan fingerprint density at radius 3 is 2.80 bits per heavy atom. The Morgan fingerprint density at radius 2 is 2.13 bits per heavy atom. The van der Waals surface area contributed by atoms with Gasteiger partial charge in [0.25, 0.3) is 0 Å². The Balaban J connectivity index is 2.35. The first-order valence-electron chi connectivity index (χ1n) is 5.96. The van der Waals surface area contributed by atoms with Gasteiger partial charge in [0.2, 0.25) is 0 Å². The molecule has 1 aliphatic rings. The van der Waals surface area contributed by atoms with Gasteiger partial charge in [0.1, 0.15) is 5.75 Å². The maximum Gasteiger partial charge on any atom is 0.122 e. The van der Waals surface area contributed by atoms with Crippen molar-refractivity contribution in [2.24, 2.45) is 5.92 Å². The molecule has 2 atom stereocenters. The SMILES string of the molecule is CCC1Cc2ccccc2OC1([SiH3])CC. The summed E-state index contributed by atoms with van der Waals surface area (Å²) in [6, 6.07) is 8.50. The molecule has 0 amide bonds. The van der Waals surface area contributed by atoms with Crippen LogP contribution in [0.5, 0.6) is 5.75 Å². The highest BCUT2D eigenvalue weighted by Gasteiger charge is 2.37. The molecule has 1 heterocycles. The lowest BCUT2D eigenvalue weighted by atomic mass is 9.86. The minimum absolute atomic E-state index is 0.170. The highest BCUT2D eigenvalue weighted by atomic mass is 28.1. The normalized spacial score (nSPS) is 29.6. The summed E-state index contributed by atoms with van der Waals surface area (Å²) in [5.41, 5.74) is 1.39. The first kappa shape index (κ1) is 10.7. The maximum absolute atomic E-state index is 6.23. The Labute approximate surface area is 95.3 Å². The molecule has 2 rings (SSSR count). The predicted molar refractivity (Wildman–Crippen MR) is 67.5 cm³/mol. The largest absolute Gasteiger partial charge is 0.492 e. The molecular weight excluding hydrogens is 200 g/mol. The van der Waals surface area contributed by atoms with Crippen LogP contribution in [0, 0.1) is 5.92 Å². The predicted octanol–water partition coefficient (Wildman–Crippen LogP) is 2.12. The van der Waals surface area contributed by atoms with Crippen molar-refractivity contribution in [3.63, 3.8) is 0 Å². The van der Waals surface area contributed by atoms with Gasteiger partial charge in [-0.25, -0.2) is 0 Å². The van der Waals surface area contributed by atoms with Gasteiger partial charge in [-0.3, -0.25) is 0 Å². The molecule has 1 aliphatic heterocycles. The third kappa shape index (κ3) is 1.83. The van der Waals surface area contributed by atoms with Gasteiger partial charge < -0.3 is 4.74 Å². The van der Waals surface area contributed by atoms with Crippen LogP contribution in [0.1, 0.15) is 32.3 Å². The molecule has 82 valence electrons. The standard InChI is InChI=1S/C13H20OSi/c1-3-11-9-10-7-5-6-8-12(10)14-13(11,15)4-2/h5-8,11H,3-4,9H2,1-2,15H3. The summed E-state index contributed by atoms with van der Waals surface area (Å²) in [6.45, 7) is 4.54. The van der Waals surface area contributed by atoms with E-state index in [0.717, 1.165) is 22.4 Å². The van der Waals surface area contributed by atoms with E-state index in [0.29, 0.717) is 5.92 Å². The molecule has 0 saturated heterocycles. The van der Waals surface area contributed by atoms with Gasteiger partial charge >= 0.3 is 0 Å². The van der Waals surface area contributed by atoms with E-state index in [9.17, 15) is 0 Å². The van der Waals surface area contributed by atoms with Crippen LogP contribution in [0.3, 0.4) is 0 Å². The molecule has 1 nitrogen and oxygen atoms in total. The molecule has 0 saturated carbocycles. The average Bonchev–Trinajstić information content (AvgIpc) is 2.28. The van der Waals surface area contributed by atoms with Gasteiger partial charge in [0, 0.05) is 0 Å². The summed E-state index contributed by atoms with van der Waals surface area (Å²) in [6.07, 6.45) is 3.57. The van der Waals surface area contributed by atoms with E-state index in [1.807, 2.05) is 0 Å². The molecule has 15 heavy (non-hydrogen) atoms. The number of ether oxygens (including phenoxy) is 1. The van der Waals surface area contributed by atoms with Crippen LogP contribution >= 0.6 is 0 Å². The summed E-state index contributed by atoms with van der Waals surface area (Å²) < 4.78 is 6.23. The van der Waals surface area contributed by atoms with E-state index in [1.165, 1.54) is 18.4 Å². The number of benzene rings is 1. The quantitative estimate of drug-likeness (QED) is 0.694. The second-order valence-corrected chi connectivity index (χ2v) is 6.38. The van der Waals surface area contributed by atoms with E-state index < -0.39 is 0 Å². The molecule has 0 spiro atoms. The highest BCUT2D eigenvalue weighted by Crippen LogP contribution is 2.38. The Bertz CT molecular complexity index is 350. The first-order chi connectivity index (χ1) is 7.19. The van der Waals surface area contributed by atoms with E-state index >= 15 is 0 Å². The fourth-order valence-corrected chi connectivity index (χ4v) is 3.36. The zero-order valence-corrected chi connectivity index (χ0v) is 11.9. The summed E-state index contributed by atoms with van der Waals surface area (Å²) in [5.74, 6) is 1.84. The van der Waals surface area contributed by atoms with Crippen molar-refractivity contribution in [2.75, 3.05) is 0 Å². The number of hydrogen-bond acceptors (Lipinski definition) is 1. The molecule has 0 radical (unpaired) electrons. The average molecular weight is 220 g/mol. The van der Waals surface area contributed by atoms with E-state index in [-0.39, 0.29) is 5.22 Å². The van der Waals surface area contributed by atoms with Gasteiger partial charge in [0.15, 0.2) is 0 Å². The minimum Gasteiger partial charge on any atom is -0.492 e. The molecule has 1 aromatic carbocycles. The fraction of sp³-hybridized carbons (Fsp3) is 0.538. The Hall–Kier alpha value is -0.763. The summed E-state index contributed by atoms with van der Waals surface area (Å²) >= 11 is 0. The topological polar surface area (TPSA) is 9.23 Å². The number of para-hydroxylation sites is 1. The van der Waals surface area contributed by atoms with Gasteiger partial charge in [0.05, 0.1) is 15.5 Å². The third-order valence-electron chi connectivity index (χ3n) is 3.84. The number of hydrogen-bond donors (Lipinski definition) is 0. The van der Waals surface area contributed by atoms with Crippen LogP contribution in [0.2, 0.25) is 0 Å². The Morgan fingerprint density at radius 1 is 1.40 bits per heavy atom. The Kier molecular flexibility index (Phi) is 2.87. The van der Waals surface area contributed by atoms with Crippen molar-refractivity contribution < 1.29 is 4.74 Å². The number of fused-ring (bicyclic) bond motifs is 1. The summed E-state index contributed by atoms with van der Waals surface area (Å²) in [4.78, 5) is 0. The van der Waals surface area contributed by atoms with Crippen LogP contribution in [0.15, 0.2) is 24.3 Å². The van der Waals surface area contributed by atoms with Crippen LogP contribution < -0.4 is 4.74 Å². The lowest BCUT2D eigenvalue weighted by molar-refractivity contribution is 0.0641. The van der Waals surface area contributed by atoms with Crippen molar-refractivity contribution in [1.29, 1.82) is 0 Å². The summed E-state index contributed by atoms with van der Waals surface area (Å²) in [5, 5.41) is 0.170. The van der Waals surface area contributed by atoms with Crippen LogP contribution in [-0.4, -0.2) is 15.5 Å². The monoisotopic (exact) mass is 220 g/mol. The van der Waals surface area contributed by atoms with E-state index in [2.05, 4.69) is 38.1 Å². The summed E-state index contributed by atoms with van der Waals surface area (Å²) in [7, 11) is 1.12. The van der Waals surface area contributed by atoms with E-state index in [1.54, 1.807) is 0 Å². The maximum atomic E-state index is 6.23. The molecule has 0 N–H and O–H groups in total. The molecule has 0 bridgehead atoms. The lowest BCUT2D eigenvalue weighted by Gasteiger charge is -2.42. The smallest absolute Gasteiger partial charge is 0.122 e. The number of rotatable bonds is 2. The molecular formula is C13H20OSi. The van der Waals surface area contributed by atoms with Crippen LogP contribution in [0.25, 0.3) is 0 Å². The molecule has 1 aromatic rings. The van der Waals surface area contributed by atoms with E-state index in [4.69, 9.17) is 4.74 Å². The fourth-order valence-electron chi connectivity index (χ4n) is 2.52. The molecule has 2 heteroatoms. The molecule has 2 unspecified atom stereocenters. The van der Waals surface area contributed by atoms with Gasteiger partial charge in [-0.05, 0) is 36.8 Å². The first-order valence-corrected chi connectivity index (χ1v) is 6.96. The van der Waals surface area contributed by atoms with Crippen molar-refractivity contribution in [1.82, 2.24) is 0 Å². The van der Waals surface area contributed by atoms with Crippen LogP contribution in [-0.2, 0) is 6.42 Å². The second-order valence-electron chi connectivity index (χ2n) is 4.69. The minimum atomic E-state index is 0.170. The second kappa shape index (κ2) is 4.01. The molecule has 0 aliphatic carbocycles. The molecule has 0 fully saturated rings. The van der Waals surface area contributed by atoms with Crippen molar-refractivity contribution in [3.05, 3.63) is 29.8 Å². The van der Waals surface area contributed by atoms with Gasteiger partial charge in [-0.2, -0.15) is 0 Å². The van der Waals surface area contributed by atoms with Crippen molar-refractivity contribution in [2.45, 2.75) is 38.3 Å². The van der Waals surface area contributed by atoms with Gasteiger partial charge in [-0.15, -0.1) is 0 Å². The zero-order chi connectivity index (χ0) is 10.9. The van der Waals surface area contributed by atoms with Crippen molar-refractivity contribution in [3.8, 4) is 5.75 Å². The lowest BCUT2D eigenvalue weighted by Crippen LogP contribution is -2.47.